The first-order chi connectivity index (χ1) is 19.6. The number of amides is 3. The fourth-order valence-corrected chi connectivity index (χ4v) is 7.37. The summed E-state index contributed by atoms with van der Waals surface area (Å²) in [5.41, 5.74) is -1.66. The largest absolute Gasteiger partial charge is 0.433 e. The number of hydrogen-bond donors (Lipinski definition) is 1. The molecule has 222 valence electrons. The molecular weight excluding hydrogens is 581 g/mol. The number of fused-ring (bicyclic) bond motifs is 2. The van der Waals surface area contributed by atoms with Gasteiger partial charge in [-0.3, -0.25) is 24.3 Å². The lowest BCUT2D eigenvalue weighted by atomic mass is 9.99. The minimum absolute atomic E-state index is 0.0175. The maximum absolute atomic E-state index is 14.5. The van der Waals surface area contributed by atoms with E-state index in [0.717, 1.165) is 22.3 Å². The Morgan fingerprint density at radius 2 is 1.83 bits per heavy atom. The Morgan fingerprint density at radius 1 is 1.17 bits per heavy atom. The summed E-state index contributed by atoms with van der Waals surface area (Å²) in [6.07, 6.45) is -3.48. The van der Waals surface area contributed by atoms with Crippen molar-refractivity contribution in [3.63, 3.8) is 0 Å². The number of piperidine rings is 1. The van der Waals surface area contributed by atoms with Crippen LogP contribution in [0, 0.1) is 24.2 Å². The van der Waals surface area contributed by atoms with Crippen LogP contribution in [0.5, 0.6) is 0 Å². The van der Waals surface area contributed by atoms with E-state index in [1.807, 2.05) is 13.8 Å². The van der Waals surface area contributed by atoms with Crippen LogP contribution in [0.4, 0.5) is 22.0 Å². The number of pyridine rings is 2. The van der Waals surface area contributed by atoms with Crippen molar-refractivity contribution in [2.45, 2.75) is 45.5 Å². The first-order valence-electron chi connectivity index (χ1n) is 13.2. The van der Waals surface area contributed by atoms with E-state index in [-0.39, 0.29) is 64.5 Å². The number of alkyl halides is 5. The molecule has 8 nitrogen and oxygen atoms in total. The second-order valence-corrected chi connectivity index (χ2v) is 12.8. The number of carbonyl (C=O) groups is 3. The Morgan fingerprint density at radius 3 is 2.43 bits per heavy atom. The molecule has 1 saturated carbocycles. The van der Waals surface area contributed by atoms with Crippen molar-refractivity contribution in [1.82, 2.24) is 25.1 Å². The molecule has 2 saturated heterocycles. The maximum atomic E-state index is 14.5. The number of rotatable bonds is 5. The average Bonchev–Trinajstić information content (AvgIpc) is 3.19. The topological polar surface area (TPSA) is 95.5 Å². The molecule has 2 aliphatic heterocycles. The third-order valence-electron chi connectivity index (χ3n) is 8.59. The summed E-state index contributed by atoms with van der Waals surface area (Å²) in [7, 11) is 1.35. The predicted octanol–water partition coefficient (Wildman–Crippen LogP) is 4.51. The molecule has 0 bridgehead atoms. The lowest BCUT2D eigenvalue weighted by Gasteiger charge is -2.21. The Balaban J connectivity index is 1.42. The number of aryl methyl sites for hydroxylation is 1. The van der Waals surface area contributed by atoms with Gasteiger partial charge in [0, 0.05) is 23.2 Å². The molecule has 3 aromatic heterocycles. The van der Waals surface area contributed by atoms with Crippen molar-refractivity contribution in [2.24, 2.45) is 17.3 Å². The molecule has 3 atom stereocenters. The van der Waals surface area contributed by atoms with Crippen molar-refractivity contribution in [2.75, 3.05) is 20.1 Å². The van der Waals surface area contributed by atoms with Crippen LogP contribution in [0.1, 0.15) is 40.3 Å². The molecule has 3 aromatic rings. The van der Waals surface area contributed by atoms with Crippen LogP contribution < -0.4 is 5.32 Å². The van der Waals surface area contributed by atoms with Crippen molar-refractivity contribution >= 4 is 39.3 Å². The lowest BCUT2D eigenvalue weighted by molar-refractivity contribution is -0.144. The van der Waals surface area contributed by atoms with Crippen LogP contribution in [-0.2, 0) is 22.3 Å². The SMILES string of the molecule is CNC1CN(C(=O)c2c(C)cc(C(F)(F)F)nc2-c2ccnc3cc(CN4C(=O)C5C(C4=O)C5(C)C)sc23)CC1(F)F. The van der Waals surface area contributed by atoms with Gasteiger partial charge in [-0.2, -0.15) is 13.2 Å². The fourth-order valence-electron chi connectivity index (χ4n) is 6.25. The predicted molar refractivity (Wildman–Crippen MR) is 143 cm³/mol. The molecule has 3 fully saturated rings. The van der Waals surface area contributed by atoms with Gasteiger partial charge >= 0.3 is 6.18 Å². The third kappa shape index (κ3) is 4.29. The van der Waals surface area contributed by atoms with E-state index in [1.54, 1.807) is 6.07 Å². The molecule has 5 heterocycles. The Hall–Kier alpha value is -3.52. The first kappa shape index (κ1) is 28.6. The molecule has 0 aromatic carbocycles. The monoisotopic (exact) mass is 607 g/mol. The standard InChI is InChI=1S/C28H26F5N5O3S/c1-12-7-16(28(31,32)33)36-21(18(12)23(39)37-10-17(34-4)27(29,30)11-37)14-5-6-35-15-8-13(42-22(14)15)9-38-24(40)19-20(25(38)41)26(19,2)3/h5-8,17,19-20,34H,9-11H2,1-4H3. The molecule has 1 N–H and O–H groups in total. The molecule has 0 spiro atoms. The highest BCUT2D eigenvalue weighted by Gasteiger charge is 2.72. The minimum atomic E-state index is -4.84. The Labute approximate surface area is 240 Å². The molecule has 1 aliphatic carbocycles. The third-order valence-corrected chi connectivity index (χ3v) is 9.74. The molecular formula is C28H26F5N5O3S. The van der Waals surface area contributed by atoms with E-state index < -0.39 is 36.3 Å². The van der Waals surface area contributed by atoms with Crippen LogP contribution in [0.15, 0.2) is 24.4 Å². The number of hydrogen-bond acceptors (Lipinski definition) is 7. The van der Waals surface area contributed by atoms with Gasteiger partial charge in [0.2, 0.25) is 11.8 Å². The minimum Gasteiger partial charge on any atom is -0.331 e. The van der Waals surface area contributed by atoms with Gasteiger partial charge in [-0.15, -0.1) is 11.3 Å². The molecule has 3 aliphatic rings. The summed E-state index contributed by atoms with van der Waals surface area (Å²) in [4.78, 5) is 50.2. The number of thiophene rings is 1. The lowest BCUT2D eigenvalue weighted by Crippen LogP contribution is -2.41. The van der Waals surface area contributed by atoms with E-state index in [1.165, 1.54) is 31.1 Å². The zero-order chi connectivity index (χ0) is 30.5. The van der Waals surface area contributed by atoms with E-state index >= 15 is 0 Å². The highest BCUT2D eigenvalue weighted by molar-refractivity contribution is 7.19. The number of likely N-dealkylation sites (tertiary alicyclic amines) is 2. The number of likely N-dealkylation sites (N-methyl/N-ethyl adjacent to an activating group) is 1. The summed E-state index contributed by atoms with van der Waals surface area (Å²) in [5.74, 6) is -5.33. The first-order valence-corrected chi connectivity index (χ1v) is 14.0. The van der Waals surface area contributed by atoms with E-state index in [4.69, 9.17) is 0 Å². The highest BCUT2D eigenvalue weighted by Crippen LogP contribution is 2.63. The molecule has 0 radical (unpaired) electrons. The number of carbonyl (C=O) groups excluding carboxylic acids is 3. The second-order valence-electron chi connectivity index (χ2n) is 11.7. The molecule has 14 heteroatoms. The highest BCUT2D eigenvalue weighted by atomic mass is 32.1. The quantitative estimate of drug-likeness (QED) is 0.339. The van der Waals surface area contributed by atoms with Crippen molar-refractivity contribution in [1.29, 1.82) is 0 Å². The van der Waals surface area contributed by atoms with Crippen LogP contribution >= 0.6 is 11.3 Å². The van der Waals surface area contributed by atoms with Gasteiger partial charge in [-0.25, -0.2) is 13.8 Å². The summed E-state index contributed by atoms with van der Waals surface area (Å²) in [6.45, 7) is 3.80. The van der Waals surface area contributed by atoms with Crippen LogP contribution in [0.25, 0.3) is 21.5 Å². The van der Waals surface area contributed by atoms with Gasteiger partial charge < -0.3 is 10.2 Å². The molecule has 6 rings (SSSR count). The molecule has 3 unspecified atom stereocenters. The van der Waals surface area contributed by atoms with Gasteiger partial charge in [0.15, 0.2) is 0 Å². The van der Waals surface area contributed by atoms with E-state index in [0.29, 0.717) is 15.1 Å². The van der Waals surface area contributed by atoms with Crippen LogP contribution in [0.3, 0.4) is 0 Å². The summed E-state index contributed by atoms with van der Waals surface area (Å²) >= 11 is 1.12. The van der Waals surface area contributed by atoms with Gasteiger partial charge in [0.05, 0.1) is 52.4 Å². The van der Waals surface area contributed by atoms with Gasteiger partial charge in [-0.1, -0.05) is 13.8 Å². The number of halogens is 5. The summed E-state index contributed by atoms with van der Waals surface area (Å²) in [5, 5.41) is 2.49. The fraction of sp³-hybridized carbons (Fsp3) is 0.464. The summed E-state index contributed by atoms with van der Waals surface area (Å²) in [6, 6.07) is 2.48. The van der Waals surface area contributed by atoms with Gasteiger partial charge in [0.1, 0.15) is 5.69 Å². The van der Waals surface area contributed by atoms with Crippen molar-refractivity contribution in [3.8, 4) is 11.3 Å². The average molecular weight is 608 g/mol. The van der Waals surface area contributed by atoms with Crippen LogP contribution in [0.2, 0.25) is 0 Å². The number of nitrogens with zero attached hydrogens (tertiary/aromatic N) is 4. The van der Waals surface area contributed by atoms with Crippen molar-refractivity contribution < 1.29 is 36.3 Å². The number of imide groups is 1. The normalized spacial score (nSPS) is 24.5. The zero-order valence-corrected chi connectivity index (χ0v) is 23.8. The Bertz CT molecular complexity index is 1650. The molecule has 42 heavy (non-hydrogen) atoms. The smallest absolute Gasteiger partial charge is 0.331 e. The van der Waals surface area contributed by atoms with E-state index in [9.17, 15) is 36.3 Å². The van der Waals surface area contributed by atoms with Gasteiger partial charge in [-0.05, 0) is 43.1 Å². The Kier molecular flexibility index (Phi) is 6.29. The second kappa shape index (κ2) is 9.24. The van der Waals surface area contributed by atoms with Crippen molar-refractivity contribution in [3.05, 3.63) is 46.1 Å². The van der Waals surface area contributed by atoms with E-state index in [2.05, 4.69) is 15.3 Å². The molecule has 3 amide bonds. The number of aromatic nitrogens is 2. The number of nitrogens with one attached hydrogen (secondary N) is 1. The summed E-state index contributed by atoms with van der Waals surface area (Å²) < 4.78 is 71.0. The van der Waals surface area contributed by atoms with Gasteiger partial charge in [0.25, 0.3) is 11.8 Å². The zero-order valence-electron chi connectivity index (χ0n) is 23.0. The van der Waals surface area contributed by atoms with Crippen LogP contribution in [-0.4, -0.2) is 69.6 Å². The maximum Gasteiger partial charge on any atom is 0.433 e.